The summed E-state index contributed by atoms with van der Waals surface area (Å²) in [5, 5.41) is 13.2. The van der Waals surface area contributed by atoms with Crippen LogP contribution in [0, 0.1) is 11.6 Å². The van der Waals surface area contributed by atoms with E-state index in [0.717, 1.165) is 6.54 Å². The lowest BCUT2D eigenvalue weighted by Crippen LogP contribution is -2.32. The van der Waals surface area contributed by atoms with Gasteiger partial charge in [0.05, 0.1) is 10.1 Å². The van der Waals surface area contributed by atoms with Gasteiger partial charge in [0.1, 0.15) is 11.6 Å². The van der Waals surface area contributed by atoms with Crippen LogP contribution in [0.25, 0.3) is 0 Å². The van der Waals surface area contributed by atoms with E-state index in [1.54, 1.807) is 6.92 Å². The van der Waals surface area contributed by atoms with Crippen molar-refractivity contribution in [1.82, 2.24) is 5.32 Å². The molecule has 0 aliphatic carbocycles. The molecule has 0 saturated carbocycles. The molecule has 0 fully saturated rings. The van der Waals surface area contributed by atoms with Gasteiger partial charge < -0.3 is 10.4 Å². The van der Waals surface area contributed by atoms with Gasteiger partial charge in [-0.15, -0.1) is 0 Å². The van der Waals surface area contributed by atoms with E-state index in [4.69, 9.17) is 0 Å². The average molecular weight is 322 g/mol. The molecule has 5 heteroatoms. The molecule has 2 nitrogen and oxygen atoms in total. The fourth-order valence-corrected chi connectivity index (χ4v) is 2.11. The first kappa shape index (κ1) is 15.5. The van der Waals surface area contributed by atoms with Crippen LogP contribution in [0.1, 0.15) is 25.8 Å². The lowest BCUT2D eigenvalue weighted by Gasteiger charge is -2.24. The molecule has 1 atom stereocenters. The number of hydrogen-bond donors (Lipinski definition) is 2. The molecule has 0 amide bonds. The molecule has 0 saturated heterocycles. The minimum atomic E-state index is -1.13. The summed E-state index contributed by atoms with van der Waals surface area (Å²) in [5.41, 5.74) is -1.21. The van der Waals surface area contributed by atoms with E-state index in [2.05, 4.69) is 21.2 Å². The number of rotatable bonds is 6. The van der Waals surface area contributed by atoms with Crippen LogP contribution in [-0.4, -0.2) is 23.8 Å². The molecule has 102 valence electrons. The van der Waals surface area contributed by atoms with Crippen LogP contribution >= 0.6 is 15.9 Å². The Morgan fingerprint density at radius 2 is 2.06 bits per heavy atom. The van der Waals surface area contributed by atoms with Crippen molar-refractivity contribution in [2.24, 2.45) is 0 Å². The minimum Gasteiger partial charge on any atom is -0.390 e. The maximum absolute atomic E-state index is 13.8. The SMILES string of the molecule is CCNCCC(C)(O)Cc1c(F)ccc(Br)c1F. The summed E-state index contributed by atoms with van der Waals surface area (Å²) >= 11 is 3.02. The van der Waals surface area contributed by atoms with Gasteiger partial charge in [-0.05, 0) is 54.5 Å². The summed E-state index contributed by atoms with van der Waals surface area (Å²) in [5.74, 6) is -1.27. The number of hydrogen-bond acceptors (Lipinski definition) is 2. The summed E-state index contributed by atoms with van der Waals surface area (Å²) in [6, 6.07) is 2.52. The van der Waals surface area contributed by atoms with Crippen molar-refractivity contribution in [2.45, 2.75) is 32.3 Å². The zero-order valence-electron chi connectivity index (χ0n) is 10.6. The van der Waals surface area contributed by atoms with Gasteiger partial charge in [0.25, 0.3) is 0 Å². The number of aliphatic hydroxyl groups is 1. The van der Waals surface area contributed by atoms with Crippen molar-refractivity contribution in [3.63, 3.8) is 0 Å². The summed E-state index contributed by atoms with van der Waals surface area (Å²) in [6.45, 7) is 4.96. The van der Waals surface area contributed by atoms with Gasteiger partial charge in [0, 0.05) is 12.0 Å². The summed E-state index contributed by atoms with van der Waals surface area (Å²) < 4.78 is 27.5. The van der Waals surface area contributed by atoms with Crippen molar-refractivity contribution in [3.05, 3.63) is 33.8 Å². The molecular weight excluding hydrogens is 304 g/mol. The Morgan fingerprint density at radius 1 is 1.39 bits per heavy atom. The molecule has 0 bridgehead atoms. The summed E-state index contributed by atoms with van der Waals surface area (Å²) in [7, 11) is 0. The highest BCUT2D eigenvalue weighted by molar-refractivity contribution is 9.10. The first-order valence-electron chi connectivity index (χ1n) is 5.93. The van der Waals surface area contributed by atoms with E-state index < -0.39 is 17.2 Å². The second-order valence-corrected chi connectivity index (χ2v) is 5.45. The van der Waals surface area contributed by atoms with Crippen LogP contribution in [-0.2, 0) is 6.42 Å². The van der Waals surface area contributed by atoms with Gasteiger partial charge in [0.15, 0.2) is 0 Å². The van der Waals surface area contributed by atoms with Crippen LogP contribution in [0.3, 0.4) is 0 Å². The van der Waals surface area contributed by atoms with Gasteiger partial charge in [-0.1, -0.05) is 6.92 Å². The number of benzene rings is 1. The molecule has 0 spiro atoms. The zero-order valence-corrected chi connectivity index (χ0v) is 12.2. The third kappa shape index (κ3) is 4.30. The maximum atomic E-state index is 13.8. The van der Waals surface area contributed by atoms with E-state index >= 15 is 0 Å². The van der Waals surface area contributed by atoms with Crippen molar-refractivity contribution in [3.8, 4) is 0 Å². The van der Waals surface area contributed by atoms with Crippen molar-refractivity contribution in [2.75, 3.05) is 13.1 Å². The van der Waals surface area contributed by atoms with E-state index in [1.165, 1.54) is 12.1 Å². The van der Waals surface area contributed by atoms with Gasteiger partial charge in [-0.2, -0.15) is 0 Å². The smallest absolute Gasteiger partial charge is 0.143 e. The molecule has 0 aromatic heterocycles. The average Bonchev–Trinajstić information content (AvgIpc) is 2.30. The van der Waals surface area contributed by atoms with Crippen LogP contribution in [0.5, 0.6) is 0 Å². The standard InChI is InChI=1S/C13H18BrF2NO/c1-3-17-7-6-13(2,18)8-9-11(15)5-4-10(14)12(9)16/h4-5,17-18H,3,6-8H2,1-2H3. The summed E-state index contributed by atoms with van der Waals surface area (Å²) in [4.78, 5) is 0. The Kier molecular flexibility index (Phi) is 5.69. The molecule has 0 radical (unpaired) electrons. The largest absolute Gasteiger partial charge is 0.390 e. The fourth-order valence-electron chi connectivity index (χ4n) is 1.73. The predicted octanol–water partition coefficient (Wildman–Crippen LogP) is 3.02. The lowest BCUT2D eigenvalue weighted by atomic mass is 9.92. The van der Waals surface area contributed by atoms with E-state index in [0.29, 0.717) is 13.0 Å². The second-order valence-electron chi connectivity index (χ2n) is 4.60. The highest BCUT2D eigenvalue weighted by Crippen LogP contribution is 2.26. The molecule has 1 unspecified atom stereocenters. The molecule has 1 aromatic carbocycles. The van der Waals surface area contributed by atoms with Crippen LogP contribution in [0.4, 0.5) is 8.78 Å². The lowest BCUT2D eigenvalue weighted by molar-refractivity contribution is 0.0498. The third-order valence-corrected chi connectivity index (χ3v) is 3.40. The van der Waals surface area contributed by atoms with Crippen LogP contribution in [0.15, 0.2) is 16.6 Å². The van der Waals surface area contributed by atoms with Crippen molar-refractivity contribution in [1.29, 1.82) is 0 Å². The number of nitrogens with one attached hydrogen (secondary N) is 1. The molecular formula is C13H18BrF2NO. The normalized spacial score (nSPS) is 14.6. The quantitative estimate of drug-likeness (QED) is 0.623. The molecule has 2 N–H and O–H groups in total. The highest BCUT2D eigenvalue weighted by Gasteiger charge is 2.25. The predicted molar refractivity (Wildman–Crippen MR) is 71.5 cm³/mol. The zero-order chi connectivity index (χ0) is 13.8. The fraction of sp³-hybridized carbons (Fsp3) is 0.538. The van der Waals surface area contributed by atoms with Gasteiger partial charge in [-0.3, -0.25) is 0 Å². The molecule has 0 heterocycles. The minimum absolute atomic E-state index is 0.0461. The number of halogens is 3. The van der Waals surface area contributed by atoms with Crippen molar-refractivity contribution < 1.29 is 13.9 Å². The molecule has 0 aliphatic heterocycles. The van der Waals surface area contributed by atoms with E-state index in [9.17, 15) is 13.9 Å². The van der Waals surface area contributed by atoms with Crippen molar-refractivity contribution >= 4 is 15.9 Å². The van der Waals surface area contributed by atoms with Crippen LogP contribution in [0.2, 0.25) is 0 Å². The van der Waals surface area contributed by atoms with E-state index in [-0.39, 0.29) is 16.5 Å². The second kappa shape index (κ2) is 6.59. The maximum Gasteiger partial charge on any atom is 0.143 e. The summed E-state index contributed by atoms with van der Waals surface area (Å²) in [6.07, 6.45) is 0.391. The topological polar surface area (TPSA) is 32.3 Å². The Labute approximate surface area is 115 Å². The van der Waals surface area contributed by atoms with Gasteiger partial charge >= 0.3 is 0 Å². The van der Waals surface area contributed by atoms with E-state index in [1.807, 2.05) is 6.92 Å². The molecule has 18 heavy (non-hydrogen) atoms. The molecule has 1 rings (SSSR count). The van der Waals surface area contributed by atoms with Gasteiger partial charge in [-0.25, -0.2) is 8.78 Å². The Hall–Kier alpha value is -0.520. The molecule has 0 aliphatic rings. The molecule has 1 aromatic rings. The van der Waals surface area contributed by atoms with Crippen LogP contribution < -0.4 is 5.32 Å². The highest BCUT2D eigenvalue weighted by atomic mass is 79.9. The Morgan fingerprint density at radius 3 is 2.67 bits per heavy atom. The Bertz CT molecular complexity index is 410. The first-order chi connectivity index (χ1) is 8.37. The third-order valence-electron chi connectivity index (χ3n) is 2.79. The monoisotopic (exact) mass is 321 g/mol. The first-order valence-corrected chi connectivity index (χ1v) is 6.72. The Balaban J connectivity index is 2.80. The van der Waals surface area contributed by atoms with Gasteiger partial charge in [0.2, 0.25) is 0 Å².